The van der Waals surface area contributed by atoms with E-state index >= 15 is 0 Å². The predicted molar refractivity (Wildman–Crippen MR) is 92.6 cm³/mol. The first kappa shape index (κ1) is 16.6. The number of likely N-dealkylation sites (tertiary alicyclic amines) is 1. The monoisotopic (exact) mass is 397 g/mol. The molecule has 3 rings (SSSR count). The van der Waals surface area contributed by atoms with Crippen LogP contribution in [-0.4, -0.2) is 46.8 Å². The Morgan fingerprint density at radius 2 is 2.22 bits per heavy atom. The van der Waals surface area contributed by atoms with Gasteiger partial charge in [0.05, 0.1) is 24.0 Å². The predicted octanol–water partition coefficient (Wildman–Crippen LogP) is 2.99. The van der Waals surface area contributed by atoms with Crippen LogP contribution in [0.4, 0.5) is 0 Å². The minimum atomic E-state index is 0.236. The molecule has 0 saturated carbocycles. The summed E-state index contributed by atoms with van der Waals surface area (Å²) in [6.45, 7) is 2.65. The molecule has 1 aromatic heterocycles. The van der Waals surface area contributed by atoms with E-state index in [0.29, 0.717) is 29.1 Å². The van der Waals surface area contributed by atoms with Crippen molar-refractivity contribution in [3.63, 3.8) is 0 Å². The van der Waals surface area contributed by atoms with E-state index in [1.54, 1.807) is 13.3 Å². The van der Waals surface area contributed by atoms with Crippen molar-refractivity contribution in [1.29, 1.82) is 0 Å². The van der Waals surface area contributed by atoms with Crippen molar-refractivity contribution in [3.8, 4) is 17.1 Å². The number of benzene rings is 1. The fourth-order valence-corrected chi connectivity index (χ4v) is 3.22. The zero-order valence-electron chi connectivity index (χ0n) is 12.7. The van der Waals surface area contributed by atoms with Crippen LogP contribution in [0.15, 0.2) is 28.9 Å². The standard InChI is InChI=1S/C16H17BrClN3O2/c1-23-16-14(8-21-6-10(7-21)9-22)19-5-13(20-16)11-3-2-4-12(17)15(11)18/h2-5,10,22H,6-9H2,1H3. The minimum Gasteiger partial charge on any atom is -0.480 e. The molecule has 0 unspecified atom stereocenters. The van der Waals surface area contributed by atoms with Gasteiger partial charge in [-0.1, -0.05) is 23.7 Å². The van der Waals surface area contributed by atoms with Crippen LogP contribution >= 0.6 is 27.5 Å². The molecule has 0 spiro atoms. The average molecular weight is 399 g/mol. The number of halogens is 2. The molecule has 1 saturated heterocycles. The Kier molecular flexibility index (Phi) is 5.16. The van der Waals surface area contributed by atoms with Crippen LogP contribution < -0.4 is 4.74 Å². The molecule has 1 N–H and O–H groups in total. The third kappa shape index (κ3) is 3.50. The highest BCUT2D eigenvalue weighted by Gasteiger charge is 2.27. The normalized spacial score (nSPS) is 15.5. The number of nitrogens with zero attached hydrogens (tertiary/aromatic N) is 3. The van der Waals surface area contributed by atoms with E-state index in [0.717, 1.165) is 28.8 Å². The van der Waals surface area contributed by atoms with E-state index in [4.69, 9.17) is 21.4 Å². The van der Waals surface area contributed by atoms with Gasteiger partial charge in [-0.3, -0.25) is 9.88 Å². The van der Waals surface area contributed by atoms with Gasteiger partial charge in [0.25, 0.3) is 0 Å². The Hall–Kier alpha value is -1.21. The van der Waals surface area contributed by atoms with Crippen LogP contribution in [0.2, 0.25) is 5.02 Å². The van der Waals surface area contributed by atoms with E-state index in [1.807, 2.05) is 18.2 Å². The maximum atomic E-state index is 9.09. The van der Waals surface area contributed by atoms with Crippen molar-refractivity contribution in [2.75, 3.05) is 26.8 Å². The van der Waals surface area contributed by atoms with E-state index < -0.39 is 0 Å². The SMILES string of the molecule is COc1nc(-c2cccc(Br)c2Cl)cnc1CN1CC(CO)C1. The number of hydrogen-bond donors (Lipinski definition) is 1. The van der Waals surface area contributed by atoms with Gasteiger partial charge < -0.3 is 9.84 Å². The summed E-state index contributed by atoms with van der Waals surface area (Å²) in [5, 5.41) is 9.69. The Bertz CT molecular complexity index is 708. The lowest BCUT2D eigenvalue weighted by Gasteiger charge is -2.37. The molecule has 0 bridgehead atoms. The van der Waals surface area contributed by atoms with Gasteiger partial charge in [-0.2, -0.15) is 0 Å². The number of aromatic nitrogens is 2. The average Bonchev–Trinajstić information content (AvgIpc) is 2.53. The van der Waals surface area contributed by atoms with Gasteiger partial charge in [-0.15, -0.1) is 0 Å². The van der Waals surface area contributed by atoms with Gasteiger partial charge in [0.2, 0.25) is 5.88 Å². The second-order valence-electron chi connectivity index (χ2n) is 5.56. The summed E-state index contributed by atoms with van der Waals surface area (Å²) in [7, 11) is 1.59. The summed E-state index contributed by atoms with van der Waals surface area (Å²) >= 11 is 9.74. The number of rotatable bonds is 5. The molecule has 2 heterocycles. The third-order valence-corrected chi connectivity index (χ3v) is 5.19. The van der Waals surface area contributed by atoms with Gasteiger partial charge in [-0.05, 0) is 22.0 Å². The van der Waals surface area contributed by atoms with E-state index in [-0.39, 0.29) is 6.61 Å². The first-order chi connectivity index (χ1) is 11.1. The summed E-state index contributed by atoms with van der Waals surface area (Å²) in [5.41, 5.74) is 2.27. The van der Waals surface area contributed by atoms with Crippen LogP contribution in [-0.2, 0) is 6.54 Å². The Balaban J connectivity index is 1.84. The molecule has 0 aliphatic carbocycles. The number of aliphatic hydroxyl groups excluding tert-OH is 1. The highest BCUT2D eigenvalue weighted by Crippen LogP contribution is 2.33. The smallest absolute Gasteiger partial charge is 0.237 e. The lowest BCUT2D eigenvalue weighted by molar-refractivity contribution is 0.0462. The number of ether oxygens (including phenoxy) is 1. The molecular formula is C16H17BrClN3O2. The minimum absolute atomic E-state index is 0.236. The summed E-state index contributed by atoms with van der Waals surface area (Å²) in [4.78, 5) is 11.3. The second-order valence-corrected chi connectivity index (χ2v) is 6.79. The zero-order valence-corrected chi connectivity index (χ0v) is 15.0. The fraction of sp³-hybridized carbons (Fsp3) is 0.375. The summed E-state index contributed by atoms with van der Waals surface area (Å²) in [6, 6.07) is 5.69. The molecule has 7 heteroatoms. The maximum absolute atomic E-state index is 9.09. The number of hydrogen-bond acceptors (Lipinski definition) is 5. The van der Waals surface area contributed by atoms with Crippen LogP contribution in [0, 0.1) is 5.92 Å². The molecule has 1 aliphatic heterocycles. The number of aliphatic hydroxyl groups is 1. The molecule has 23 heavy (non-hydrogen) atoms. The quantitative estimate of drug-likeness (QED) is 0.839. The topological polar surface area (TPSA) is 58.5 Å². The van der Waals surface area contributed by atoms with Gasteiger partial charge >= 0.3 is 0 Å². The molecule has 1 fully saturated rings. The molecule has 5 nitrogen and oxygen atoms in total. The second kappa shape index (κ2) is 7.13. The van der Waals surface area contributed by atoms with Crippen LogP contribution in [0.1, 0.15) is 5.69 Å². The van der Waals surface area contributed by atoms with Crippen LogP contribution in [0.3, 0.4) is 0 Å². The summed E-state index contributed by atoms with van der Waals surface area (Å²) < 4.78 is 6.21. The summed E-state index contributed by atoms with van der Waals surface area (Å²) in [5.74, 6) is 0.875. The van der Waals surface area contributed by atoms with Crippen molar-refractivity contribution in [2.45, 2.75) is 6.54 Å². The first-order valence-corrected chi connectivity index (χ1v) is 8.47. The van der Waals surface area contributed by atoms with E-state index in [2.05, 4.69) is 30.8 Å². The molecule has 0 amide bonds. The fourth-order valence-electron chi connectivity index (χ4n) is 2.63. The molecule has 0 radical (unpaired) electrons. The molecular weight excluding hydrogens is 382 g/mol. The van der Waals surface area contributed by atoms with E-state index in [9.17, 15) is 0 Å². The first-order valence-electron chi connectivity index (χ1n) is 7.30. The lowest BCUT2D eigenvalue weighted by atomic mass is 10.0. The maximum Gasteiger partial charge on any atom is 0.237 e. The zero-order chi connectivity index (χ0) is 16.4. The van der Waals surface area contributed by atoms with Gasteiger partial charge in [0, 0.05) is 42.2 Å². The van der Waals surface area contributed by atoms with Gasteiger partial charge in [0.15, 0.2) is 0 Å². The van der Waals surface area contributed by atoms with Crippen molar-refractivity contribution < 1.29 is 9.84 Å². The van der Waals surface area contributed by atoms with Crippen molar-refractivity contribution >= 4 is 27.5 Å². The number of methoxy groups -OCH3 is 1. The Labute approximate surface area is 148 Å². The lowest BCUT2D eigenvalue weighted by Crippen LogP contribution is -2.47. The highest BCUT2D eigenvalue weighted by molar-refractivity contribution is 9.10. The molecule has 122 valence electrons. The van der Waals surface area contributed by atoms with Crippen LogP contribution in [0.25, 0.3) is 11.3 Å². The Morgan fingerprint density at radius 1 is 1.43 bits per heavy atom. The van der Waals surface area contributed by atoms with Crippen molar-refractivity contribution in [1.82, 2.24) is 14.9 Å². The van der Waals surface area contributed by atoms with Gasteiger partial charge in [-0.25, -0.2) is 4.98 Å². The Morgan fingerprint density at radius 3 is 2.91 bits per heavy atom. The molecule has 2 aromatic rings. The largest absolute Gasteiger partial charge is 0.480 e. The van der Waals surface area contributed by atoms with Crippen molar-refractivity contribution in [3.05, 3.63) is 39.6 Å². The van der Waals surface area contributed by atoms with E-state index in [1.165, 1.54) is 0 Å². The summed E-state index contributed by atoms with van der Waals surface area (Å²) in [6.07, 6.45) is 1.72. The third-order valence-electron chi connectivity index (χ3n) is 3.90. The molecule has 1 aromatic carbocycles. The van der Waals surface area contributed by atoms with Gasteiger partial charge in [0.1, 0.15) is 5.69 Å². The highest BCUT2D eigenvalue weighted by atomic mass is 79.9. The molecule has 1 aliphatic rings. The van der Waals surface area contributed by atoms with Crippen molar-refractivity contribution in [2.24, 2.45) is 5.92 Å². The molecule has 0 atom stereocenters. The van der Waals surface area contributed by atoms with Crippen LogP contribution in [0.5, 0.6) is 5.88 Å².